The van der Waals surface area contributed by atoms with E-state index >= 15 is 0 Å². The highest BCUT2D eigenvalue weighted by Gasteiger charge is 2.34. The maximum absolute atomic E-state index is 12.3. The summed E-state index contributed by atoms with van der Waals surface area (Å²) in [5.74, 6) is -1.14. The van der Waals surface area contributed by atoms with Crippen LogP contribution in [0.1, 0.15) is 12.8 Å². The number of amides is 2. The van der Waals surface area contributed by atoms with Gasteiger partial charge in [0, 0.05) is 55.6 Å². The third-order valence-electron chi connectivity index (χ3n) is 5.08. The van der Waals surface area contributed by atoms with Crippen molar-refractivity contribution in [2.75, 3.05) is 59.2 Å². The van der Waals surface area contributed by atoms with E-state index in [1.165, 1.54) is 0 Å². The predicted molar refractivity (Wildman–Crippen MR) is 108 cm³/mol. The van der Waals surface area contributed by atoms with Crippen LogP contribution in [0.3, 0.4) is 0 Å². The molecule has 3 rings (SSSR count). The van der Waals surface area contributed by atoms with Crippen molar-refractivity contribution in [1.29, 1.82) is 0 Å². The Morgan fingerprint density at radius 2 is 1.61 bits per heavy atom. The number of thioether (sulfide) groups is 1. The number of nitrogens with one attached hydrogen (secondary N) is 2. The molecular formula is C20H29N3O4S. The summed E-state index contributed by atoms with van der Waals surface area (Å²) in [7, 11) is 0. The molecule has 2 N–H and O–H groups in total. The van der Waals surface area contributed by atoms with E-state index in [0.717, 1.165) is 50.6 Å². The van der Waals surface area contributed by atoms with Gasteiger partial charge in [0.15, 0.2) is 0 Å². The first-order chi connectivity index (χ1) is 13.7. The lowest BCUT2D eigenvalue weighted by Crippen LogP contribution is -2.49. The van der Waals surface area contributed by atoms with E-state index < -0.39 is 11.8 Å². The Kier molecular flexibility index (Phi) is 8.14. The maximum Gasteiger partial charge on any atom is 0.309 e. The molecule has 28 heavy (non-hydrogen) atoms. The van der Waals surface area contributed by atoms with Crippen molar-refractivity contribution in [2.45, 2.75) is 22.5 Å². The molecule has 7 nitrogen and oxygen atoms in total. The third kappa shape index (κ3) is 6.48. The molecule has 0 unspecified atom stereocenters. The first-order valence-corrected chi connectivity index (χ1v) is 10.7. The minimum Gasteiger partial charge on any atom is -0.381 e. The molecule has 2 amide bonds. The molecule has 2 heterocycles. The van der Waals surface area contributed by atoms with Gasteiger partial charge in [-0.3, -0.25) is 14.5 Å². The fraction of sp³-hybridized carbons (Fsp3) is 0.600. The van der Waals surface area contributed by atoms with Crippen molar-refractivity contribution in [3.8, 4) is 0 Å². The average molecular weight is 408 g/mol. The number of carbonyl (C=O) groups is 2. The topological polar surface area (TPSA) is 79.9 Å². The zero-order valence-corrected chi connectivity index (χ0v) is 17.0. The van der Waals surface area contributed by atoms with Crippen LogP contribution in [0.4, 0.5) is 0 Å². The molecule has 1 aromatic rings. The van der Waals surface area contributed by atoms with Crippen molar-refractivity contribution in [2.24, 2.45) is 0 Å². The number of hydrogen-bond donors (Lipinski definition) is 2. The summed E-state index contributed by atoms with van der Waals surface area (Å²) in [5, 5.41) is 5.56. The van der Waals surface area contributed by atoms with E-state index in [1.807, 2.05) is 18.2 Å². The fourth-order valence-corrected chi connectivity index (χ4v) is 4.66. The summed E-state index contributed by atoms with van der Waals surface area (Å²) >= 11 is 1.76. The molecule has 0 spiro atoms. The van der Waals surface area contributed by atoms with E-state index in [2.05, 4.69) is 27.7 Å². The SMILES string of the molecule is O=C(NCCN1CCOCC1)C(=O)NCC1(Sc2ccccc2)CCOCC1. The van der Waals surface area contributed by atoms with Gasteiger partial charge in [-0.25, -0.2) is 0 Å². The van der Waals surface area contributed by atoms with Gasteiger partial charge in [0.2, 0.25) is 0 Å². The lowest BCUT2D eigenvalue weighted by Gasteiger charge is -2.36. The second kappa shape index (κ2) is 10.8. The first kappa shape index (κ1) is 21.1. The van der Waals surface area contributed by atoms with E-state index in [0.29, 0.717) is 26.3 Å². The van der Waals surface area contributed by atoms with E-state index in [-0.39, 0.29) is 4.75 Å². The zero-order chi connectivity index (χ0) is 19.7. The van der Waals surface area contributed by atoms with Crippen molar-refractivity contribution in [1.82, 2.24) is 15.5 Å². The van der Waals surface area contributed by atoms with Crippen LogP contribution < -0.4 is 10.6 Å². The molecule has 0 atom stereocenters. The van der Waals surface area contributed by atoms with Gasteiger partial charge in [-0.2, -0.15) is 0 Å². The molecule has 2 aliphatic rings. The van der Waals surface area contributed by atoms with Crippen LogP contribution in [0, 0.1) is 0 Å². The van der Waals surface area contributed by atoms with Gasteiger partial charge < -0.3 is 20.1 Å². The highest BCUT2D eigenvalue weighted by molar-refractivity contribution is 8.00. The number of benzene rings is 1. The number of morpholine rings is 1. The molecule has 2 fully saturated rings. The lowest BCUT2D eigenvalue weighted by molar-refractivity contribution is -0.139. The quantitative estimate of drug-likeness (QED) is 0.654. The summed E-state index contributed by atoms with van der Waals surface area (Å²) in [4.78, 5) is 27.8. The molecule has 0 aromatic heterocycles. The minimum absolute atomic E-state index is 0.149. The van der Waals surface area contributed by atoms with Crippen molar-refractivity contribution < 1.29 is 19.1 Å². The third-order valence-corrected chi connectivity index (χ3v) is 6.57. The van der Waals surface area contributed by atoms with Crippen LogP contribution in [0.15, 0.2) is 35.2 Å². The molecule has 0 bridgehead atoms. The Hall–Kier alpha value is -1.61. The van der Waals surface area contributed by atoms with E-state index in [9.17, 15) is 9.59 Å². The predicted octanol–water partition coefficient (Wildman–Crippen LogP) is 0.893. The van der Waals surface area contributed by atoms with Gasteiger partial charge in [-0.05, 0) is 25.0 Å². The molecule has 2 aliphatic heterocycles. The second-order valence-electron chi connectivity index (χ2n) is 7.10. The van der Waals surface area contributed by atoms with Gasteiger partial charge in [0.25, 0.3) is 0 Å². The minimum atomic E-state index is -0.569. The smallest absolute Gasteiger partial charge is 0.309 e. The van der Waals surface area contributed by atoms with Crippen LogP contribution in [-0.4, -0.2) is 80.6 Å². The molecular weight excluding hydrogens is 378 g/mol. The number of rotatable bonds is 7. The normalized spacial score (nSPS) is 19.7. The Morgan fingerprint density at radius 1 is 0.964 bits per heavy atom. The van der Waals surface area contributed by atoms with Gasteiger partial charge in [0.1, 0.15) is 0 Å². The van der Waals surface area contributed by atoms with Gasteiger partial charge in [-0.15, -0.1) is 11.8 Å². The van der Waals surface area contributed by atoms with Gasteiger partial charge >= 0.3 is 11.8 Å². The number of carbonyl (C=O) groups excluding carboxylic acids is 2. The second-order valence-corrected chi connectivity index (χ2v) is 8.64. The summed E-state index contributed by atoms with van der Waals surface area (Å²) < 4.78 is 10.7. The fourth-order valence-electron chi connectivity index (χ4n) is 3.35. The Morgan fingerprint density at radius 3 is 2.32 bits per heavy atom. The summed E-state index contributed by atoms with van der Waals surface area (Å²) in [6, 6.07) is 10.2. The highest BCUT2D eigenvalue weighted by atomic mass is 32.2. The maximum atomic E-state index is 12.3. The van der Waals surface area contributed by atoms with Crippen LogP contribution in [0.2, 0.25) is 0 Å². The summed E-state index contributed by atoms with van der Waals surface area (Å²) in [5.41, 5.74) is 0. The molecule has 154 valence electrons. The molecule has 0 saturated carbocycles. The summed E-state index contributed by atoms with van der Waals surface area (Å²) in [6.45, 7) is 6.15. The molecule has 2 saturated heterocycles. The zero-order valence-electron chi connectivity index (χ0n) is 16.2. The molecule has 0 radical (unpaired) electrons. The largest absolute Gasteiger partial charge is 0.381 e. The number of nitrogens with zero attached hydrogens (tertiary/aromatic N) is 1. The van der Waals surface area contributed by atoms with Gasteiger partial charge in [-0.1, -0.05) is 18.2 Å². The number of hydrogen-bond acceptors (Lipinski definition) is 6. The highest BCUT2D eigenvalue weighted by Crippen LogP contribution is 2.39. The monoisotopic (exact) mass is 407 g/mol. The standard InChI is InChI=1S/C20H29N3O4S/c24-18(21-8-9-23-10-14-27-15-11-23)19(25)22-16-20(6-12-26-13-7-20)28-17-4-2-1-3-5-17/h1-5H,6-16H2,(H,21,24)(H,22,25). The lowest BCUT2D eigenvalue weighted by atomic mass is 9.99. The first-order valence-electron chi connectivity index (χ1n) is 9.85. The Bertz CT molecular complexity index is 632. The van der Waals surface area contributed by atoms with E-state index in [4.69, 9.17) is 9.47 Å². The number of ether oxygens (including phenoxy) is 2. The molecule has 1 aromatic carbocycles. The molecule has 8 heteroatoms. The van der Waals surface area contributed by atoms with Gasteiger partial charge in [0.05, 0.1) is 13.2 Å². The van der Waals surface area contributed by atoms with Crippen LogP contribution >= 0.6 is 11.8 Å². The average Bonchev–Trinajstić information content (AvgIpc) is 2.74. The van der Waals surface area contributed by atoms with Crippen LogP contribution in [-0.2, 0) is 19.1 Å². The van der Waals surface area contributed by atoms with Crippen LogP contribution in [0.25, 0.3) is 0 Å². The molecule has 0 aliphatic carbocycles. The summed E-state index contributed by atoms with van der Waals surface area (Å²) in [6.07, 6.45) is 1.68. The van der Waals surface area contributed by atoms with Crippen molar-refractivity contribution >= 4 is 23.6 Å². The Balaban J connectivity index is 1.45. The van der Waals surface area contributed by atoms with Crippen molar-refractivity contribution in [3.05, 3.63) is 30.3 Å². The van der Waals surface area contributed by atoms with Crippen LogP contribution in [0.5, 0.6) is 0 Å². The van der Waals surface area contributed by atoms with Crippen molar-refractivity contribution in [3.63, 3.8) is 0 Å². The van der Waals surface area contributed by atoms with E-state index in [1.54, 1.807) is 11.8 Å². The Labute approximate surface area is 170 Å².